The summed E-state index contributed by atoms with van der Waals surface area (Å²) in [7, 11) is -3.82. The van der Waals surface area contributed by atoms with Gasteiger partial charge in [0, 0.05) is 23.8 Å². The van der Waals surface area contributed by atoms with Crippen molar-refractivity contribution in [2.45, 2.75) is 37.2 Å². The number of amides is 1. The second kappa shape index (κ2) is 8.89. The van der Waals surface area contributed by atoms with Crippen molar-refractivity contribution in [2.75, 3.05) is 6.61 Å². The fourth-order valence-corrected chi connectivity index (χ4v) is 3.73. The van der Waals surface area contributed by atoms with Gasteiger partial charge in [-0.2, -0.15) is 4.72 Å². The van der Waals surface area contributed by atoms with E-state index in [0.29, 0.717) is 23.4 Å². The summed E-state index contributed by atoms with van der Waals surface area (Å²) in [5.74, 6) is 0.775. The van der Waals surface area contributed by atoms with E-state index in [4.69, 9.17) is 16.3 Å². The molecule has 1 aliphatic rings. The summed E-state index contributed by atoms with van der Waals surface area (Å²) in [4.78, 5) is 16.5. The van der Waals surface area contributed by atoms with Crippen LogP contribution in [0.15, 0.2) is 47.5 Å². The Morgan fingerprint density at radius 2 is 1.96 bits per heavy atom. The minimum atomic E-state index is -3.82. The molecular formula is C19H22ClN3O4S. The first-order chi connectivity index (χ1) is 13.3. The molecule has 1 atom stereocenters. The summed E-state index contributed by atoms with van der Waals surface area (Å²) in [6.45, 7) is 2.41. The Kier molecular flexibility index (Phi) is 6.53. The Bertz CT molecular complexity index is 913. The van der Waals surface area contributed by atoms with E-state index in [1.54, 1.807) is 12.3 Å². The largest absolute Gasteiger partial charge is 0.477 e. The summed E-state index contributed by atoms with van der Waals surface area (Å²) in [5.41, 5.74) is 0.792. The molecule has 7 nitrogen and oxygen atoms in total. The predicted molar refractivity (Wildman–Crippen MR) is 106 cm³/mol. The maximum absolute atomic E-state index is 12.3. The third kappa shape index (κ3) is 5.92. The molecule has 3 rings (SSSR count). The van der Waals surface area contributed by atoms with Crippen molar-refractivity contribution in [2.24, 2.45) is 5.92 Å². The normalized spacial score (nSPS) is 15.1. The molecule has 9 heteroatoms. The monoisotopic (exact) mass is 423 g/mol. The molecule has 0 radical (unpaired) electrons. The molecule has 2 N–H and O–H groups in total. The zero-order chi connectivity index (χ0) is 20.1. The fraction of sp³-hybridized carbons (Fsp3) is 0.368. The van der Waals surface area contributed by atoms with Gasteiger partial charge in [0.25, 0.3) is 0 Å². The lowest BCUT2D eigenvalue weighted by atomic mass is 10.2. The van der Waals surface area contributed by atoms with E-state index in [-0.39, 0.29) is 11.4 Å². The third-order valence-corrected chi connectivity index (χ3v) is 6.09. The van der Waals surface area contributed by atoms with E-state index >= 15 is 0 Å². The standard InChI is InChI=1S/C19H22ClN3O4S/c1-13(23-28(25,26)17-7-5-16(20)6-8-17)19(24)22-11-15-4-9-18(21-10-15)27-12-14-2-3-14/h4-10,13-14,23H,2-3,11-12H2,1H3,(H,22,24)/t13-/m0/s1. The second-order valence-electron chi connectivity index (χ2n) is 6.77. The molecule has 0 spiro atoms. The van der Waals surface area contributed by atoms with Gasteiger partial charge in [-0.3, -0.25) is 4.79 Å². The van der Waals surface area contributed by atoms with Gasteiger partial charge < -0.3 is 10.1 Å². The molecular weight excluding hydrogens is 402 g/mol. The Morgan fingerprint density at radius 1 is 1.25 bits per heavy atom. The number of halogens is 1. The third-order valence-electron chi connectivity index (χ3n) is 4.28. The number of rotatable bonds is 9. The highest BCUT2D eigenvalue weighted by atomic mass is 35.5. The number of hydrogen-bond donors (Lipinski definition) is 2. The molecule has 1 aliphatic carbocycles. The minimum absolute atomic E-state index is 0.0440. The van der Waals surface area contributed by atoms with Gasteiger partial charge >= 0.3 is 0 Å². The zero-order valence-corrected chi connectivity index (χ0v) is 17.0. The second-order valence-corrected chi connectivity index (χ2v) is 8.92. The van der Waals surface area contributed by atoms with Gasteiger partial charge in [0.2, 0.25) is 21.8 Å². The molecule has 0 aliphatic heterocycles. The van der Waals surface area contributed by atoms with Crippen molar-refractivity contribution >= 4 is 27.5 Å². The van der Waals surface area contributed by atoms with Gasteiger partial charge in [-0.25, -0.2) is 13.4 Å². The van der Waals surface area contributed by atoms with Gasteiger partial charge in [0.1, 0.15) is 0 Å². The van der Waals surface area contributed by atoms with Gasteiger partial charge in [0.05, 0.1) is 17.5 Å². The molecule has 150 valence electrons. The molecule has 1 amide bonds. The van der Waals surface area contributed by atoms with E-state index in [9.17, 15) is 13.2 Å². The number of sulfonamides is 1. The Morgan fingerprint density at radius 3 is 2.57 bits per heavy atom. The Labute approximate surface area is 169 Å². The lowest BCUT2D eigenvalue weighted by molar-refractivity contribution is -0.122. The van der Waals surface area contributed by atoms with Crippen LogP contribution in [-0.4, -0.2) is 32.0 Å². The van der Waals surface area contributed by atoms with Crippen LogP contribution in [0.4, 0.5) is 0 Å². The smallest absolute Gasteiger partial charge is 0.241 e. The van der Waals surface area contributed by atoms with Crippen LogP contribution < -0.4 is 14.8 Å². The average Bonchev–Trinajstić information content (AvgIpc) is 3.49. The predicted octanol–water partition coefficient (Wildman–Crippen LogP) is 2.51. The summed E-state index contributed by atoms with van der Waals surface area (Å²) in [6, 6.07) is 8.36. The van der Waals surface area contributed by atoms with Crippen molar-refractivity contribution < 1.29 is 17.9 Å². The van der Waals surface area contributed by atoms with Gasteiger partial charge in [-0.05, 0) is 55.5 Å². The van der Waals surface area contributed by atoms with Gasteiger partial charge in [-0.1, -0.05) is 17.7 Å². The molecule has 2 aromatic rings. The maximum atomic E-state index is 12.3. The molecule has 0 unspecified atom stereocenters. The van der Waals surface area contributed by atoms with E-state index in [1.165, 1.54) is 44.0 Å². The number of pyridine rings is 1. The number of benzene rings is 1. The van der Waals surface area contributed by atoms with Crippen LogP contribution in [0.3, 0.4) is 0 Å². The van der Waals surface area contributed by atoms with Crippen molar-refractivity contribution in [3.8, 4) is 5.88 Å². The van der Waals surface area contributed by atoms with Crippen molar-refractivity contribution in [1.29, 1.82) is 0 Å². The molecule has 0 saturated heterocycles. The first-order valence-corrected chi connectivity index (χ1v) is 10.8. The summed E-state index contributed by atoms with van der Waals surface area (Å²) in [5, 5.41) is 3.13. The van der Waals surface area contributed by atoms with Gasteiger partial charge in [-0.15, -0.1) is 0 Å². The topological polar surface area (TPSA) is 97.4 Å². The number of nitrogens with zero attached hydrogens (tertiary/aromatic N) is 1. The zero-order valence-electron chi connectivity index (χ0n) is 15.4. The van der Waals surface area contributed by atoms with E-state index in [2.05, 4.69) is 15.0 Å². The van der Waals surface area contributed by atoms with E-state index in [1.807, 2.05) is 6.07 Å². The van der Waals surface area contributed by atoms with Crippen LogP contribution in [-0.2, 0) is 21.4 Å². The van der Waals surface area contributed by atoms with Crippen molar-refractivity contribution in [3.63, 3.8) is 0 Å². The number of carbonyl (C=O) groups excluding carboxylic acids is 1. The molecule has 0 bridgehead atoms. The Hall–Kier alpha value is -2.16. The van der Waals surface area contributed by atoms with Crippen molar-refractivity contribution in [3.05, 3.63) is 53.2 Å². The summed E-state index contributed by atoms with van der Waals surface area (Å²) >= 11 is 5.77. The number of aromatic nitrogens is 1. The lowest BCUT2D eigenvalue weighted by Crippen LogP contribution is -2.44. The molecule has 1 fully saturated rings. The molecule has 1 saturated carbocycles. The first-order valence-electron chi connectivity index (χ1n) is 8.97. The summed E-state index contributed by atoms with van der Waals surface area (Å²) < 4.78 is 32.6. The van der Waals surface area contributed by atoms with Crippen LogP contribution in [0.1, 0.15) is 25.3 Å². The fourth-order valence-electron chi connectivity index (χ4n) is 2.40. The molecule has 1 aromatic heterocycles. The van der Waals surface area contributed by atoms with Crippen LogP contribution in [0.2, 0.25) is 5.02 Å². The number of nitrogens with one attached hydrogen (secondary N) is 2. The average molecular weight is 424 g/mol. The van der Waals surface area contributed by atoms with Crippen molar-refractivity contribution in [1.82, 2.24) is 15.0 Å². The highest BCUT2D eigenvalue weighted by molar-refractivity contribution is 7.89. The summed E-state index contributed by atoms with van der Waals surface area (Å²) in [6.07, 6.45) is 4.05. The number of hydrogen-bond acceptors (Lipinski definition) is 5. The van der Waals surface area contributed by atoms with Crippen LogP contribution in [0, 0.1) is 5.92 Å². The number of carbonyl (C=O) groups is 1. The number of ether oxygens (including phenoxy) is 1. The molecule has 1 heterocycles. The quantitative estimate of drug-likeness (QED) is 0.645. The van der Waals surface area contributed by atoms with Crippen LogP contribution in [0.25, 0.3) is 0 Å². The SMILES string of the molecule is C[C@H](NS(=O)(=O)c1ccc(Cl)cc1)C(=O)NCc1ccc(OCC2CC2)nc1. The maximum Gasteiger partial charge on any atom is 0.241 e. The molecule has 1 aromatic carbocycles. The minimum Gasteiger partial charge on any atom is -0.477 e. The van der Waals surface area contributed by atoms with Gasteiger partial charge in [0.15, 0.2) is 0 Å². The first kappa shape index (κ1) is 20.6. The Balaban J connectivity index is 1.48. The lowest BCUT2D eigenvalue weighted by Gasteiger charge is -2.14. The van der Waals surface area contributed by atoms with E-state index < -0.39 is 22.0 Å². The van der Waals surface area contributed by atoms with Crippen LogP contribution >= 0.6 is 11.6 Å². The van der Waals surface area contributed by atoms with Crippen LogP contribution in [0.5, 0.6) is 5.88 Å². The highest BCUT2D eigenvalue weighted by Gasteiger charge is 2.23. The molecule has 28 heavy (non-hydrogen) atoms. The van der Waals surface area contributed by atoms with E-state index in [0.717, 1.165) is 5.56 Å². The highest BCUT2D eigenvalue weighted by Crippen LogP contribution is 2.29.